The number of ether oxygens (including phenoxy) is 1. The third kappa shape index (κ3) is 4.91. The van der Waals surface area contributed by atoms with Crippen LogP contribution in [0.3, 0.4) is 0 Å². The number of alkyl halides is 1. The lowest BCUT2D eigenvalue weighted by molar-refractivity contribution is 0.0536. The Kier molecular flexibility index (Phi) is 6.44. The smallest absolute Gasteiger partial charge is 0.251 e. The first-order chi connectivity index (χ1) is 15.3. The average molecular weight is 442 g/mol. The molecule has 2 aromatic rings. The number of anilines is 1. The van der Waals surface area contributed by atoms with Crippen LogP contribution in [0.15, 0.2) is 30.5 Å². The Bertz CT molecular complexity index is 973. The van der Waals surface area contributed by atoms with Crippen molar-refractivity contribution in [3.8, 4) is 11.3 Å². The summed E-state index contributed by atoms with van der Waals surface area (Å²) in [6.07, 6.45) is 4.01. The first-order valence-electron chi connectivity index (χ1n) is 11.3. The number of fused-ring (bicyclic) bond motifs is 1. The summed E-state index contributed by atoms with van der Waals surface area (Å²) in [5.74, 6) is -0.823. The third-order valence-corrected chi connectivity index (χ3v) is 6.49. The molecule has 1 saturated carbocycles. The summed E-state index contributed by atoms with van der Waals surface area (Å²) in [4.78, 5) is 21.3. The predicted molar refractivity (Wildman–Crippen MR) is 122 cm³/mol. The summed E-state index contributed by atoms with van der Waals surface area (Å²) < 4.78 is 19.9. The second-order valence-corrected chi connectivity index (χ2v) is 9.40. The molecule has 1 fully saturated rings. The molecule has 1 aliphatic heterocycles. The lowest BCUT2D eigenvalue weighted by atomic mass is 9.78. The maximum absolute atomic E-state index is 14.9. The van der Waals surface area contributed by atoms with Gasteiger partial charge in [-0.05, 0) is 49.4 Å². The Morgan fingerprint density at radius 3 is 2.78 bits per heavy atom. The first kappa shape index (κ1) is 22.6. The van der Waals surface area contributed by atoms with Gasteiger partial charge in [0, 0.05) is 49.0 Å². The summed E-state index contributed by atoms with van der Waals surface area (Å²) in [6.45, 7) is 5.87. The van der Waals surface area contributed by atoms with E-state index in [1.165, 1.54) is 0 Å². The summed E-state index contributed by atoms with van der Waals surface area (Å²) in [6, 6.07) is 7.86. The highest BCUT2D eigenvalue weighted by Gasteiger charge is 2.35. The van der Waals surface area contributed by atoms with Gasteiger partial charge in [0.1, 0.15) is 0 Å². The number of aromatic nitrogens is 2. The summed E-state index contributed by atoms with van der Waals surface area (Å²) in [7, 11) is 1.61. The van der Waals surface area contributed by atoms with Crippen LogP contribution in [-0.2, 0) is 10.2 Å². The minimum atomic E-state index is -1.33. The molecular formula is C24H32FN5O2. The molecule has 0 bridgehead atoms. The molecule has 3 N–H and O–H groups in total. The molecule has 2 heterocycles. The fourth-order valence-corrected chi connectivity index (χ4v) is 4.50. The van der Waals surface area contributed by atoms with Crippen molar-refractivity contribution in [1.29, 1.82) is 0 Å². The number of amides is 1. The summed E-state index contributed by atoms with van der Waals surface area (Å²) >= 11 is 0. The molecule has 0 atom stereocenters. The predicted octanol–water partition coefficient (Wildman–Crippen LogP) is 3.42. The molecule has 2 aliphatic rings. The number of rotatable bonds is 7. The number of hydrogen-bond acceptors (Lipinski definition) is 6. The van der Waals surface area contributed by atoms with Gasteiger partial charge in [0.2, 0.25) is 5.95 Å². The molecule has 0 radical (unpaired) electrons. The van der Waals surface area contributed by atoms with Crippen molar-refractivity contribution in [2.45, 2.75) is 56.8 Å². The second kappa shape index (κ2) is 9.11. The number of halogens is 1. The number of nitrogens with zero attached hydrogens (tertiary/aromatic N) is 2. The van der Waals surface area contributed by atoms with Crippen LogP contribution >= 0.6 is 0 Å². The SMILES string of the molecule is COCCNC1(F)CCC(Nc2nccc(-c3ccc4c(c3)C(C)(C)CNC4=O)n2)CC1. The number of methoxy groups -OCH3 is 1. The zero-order valence-electron chi connectivity index (χ0n) is 19.0. The lowest BCUT2D eigenvalue weighted by Crippen LogP contribution is -2.47. The van der Waals surface area contributed by atoms with Crippen molar-refractivity contribution in [1.82, 2.24) is 20.6 Å². The molecule has 1 aromatic heterocycles. The number of carbonyl (C=O) groups excluding carboxylic acids is 1. The van der Waals surface area contributed by atoms with E-state index in [4.69, 9.17) is 9.72 Å². The van der Waals surface area contributed by atoms with Crippen LogP contribution < -0.4 is 16.0 Å². The number of benzene rings is 1. The molecule has 172 valence electrons. The van der Waals surface area contributed by atoms with Gasteiger partial charge in [0.25, 0.3) is 5.91 Å². The first-order valence-corrected chi connectivity index (χ1v) is 11.3. The van der Waals surface area contributed by atoms with Gasteiger partial charge in [-0.1, -0.05) is 19.9 Å². The van der Waals surface area contributed by atoms with E-state index in [-0.39, 0.29) is 17.4 Å². The molecule has 1 aliphatic carbocycles. The van der Waals surface area contributed by atoms with Crippen LogP contribution in [0.5, 0.6) is 0 Å². The van der Waals surface area contributed by atoms with Gasteiger partial charge < -0.3 is 15.4 Å². The van der Waals surface area contributed by atoms with Crippen LogP contribution in [0.4, 0.5) is 10.3 Å². The second-order valence-electron chi connectivity index (χ2n) is 9.40. The van der Waals surface area contributed by atoms with Gasteiger partial charge >= 0.3 is 0 Å². The molecular weight excluding hydrogens is 409 g/mol. The molecule has 1 aromatic carbocycles. The Morgan fingerprint density at radius 2 is 2.03 bits per heavy atom. The van der Waals surface area contributed by atoms with Crippen molar-refractivity contribution in [3.63, 3.8) is 0 Å². The van der Waals surface area contributed by atoms with Crippen molar-refractivity contribution < 1.29 is 13.9 Å². The minimum Gasteiger partial charge on any atom is -0.383 e. The van der Waals surface area contributed by atoms with E-state index >= 15 is 0 Å². The molecule has 0 spiro atoms. The van der Waals surface area contributed by atoms with Gasteiger partial charge in [-0.2, -0.15) is 0 Å². The fraction of sp³-hybridized carbons (Fsp3) is 0.542. The maximum atomic E-state index is 14.9. The highest BCUT2D eigenvalue weighted by atomic mass is 19.1. The van der Waals surface area contributed by atoms with Gasteiger partial charge in [-0.3, -0.25) is 10.1 Å². The van der Waals surface area contributed by atoms with Gasteiger partial charge in [0.15, 0.2) is 5.79 Å². The van der Waals surface area contributed by atoms with E-state index < -0.39 is 5.79 Å². The zero-order valence-corrected chi connectivity index (χ0v) is 19.0. The average Bonchev–Trinajstić information content (AvgIpc) is 2.79. The molecule has 0 unspecified atom stereocenters. The normalized spacial score (nSPS) is 24.5. The molecule has 4 rings (SSSR count). The van der Waals surface area contributed by atoms with Gasteiger partial charge in [-0.15, -0.1) is 0 Å². The Morgan fingerprint density at radius 1 is 1.25 bits per heavy atom. The standard InChI is InChI=1S/C24H32FN5O2/c1-23(2)15-27-21(31)18-5-4-16(14-19(18)23)20-8-11-26-22(30-20)29-17-6-9-24(25,10-7-17)28-12-13-32-3/h4-5,8,11,14,17,28H,6-7,9-10,12-13,15H2,1-3H3,(H,27,31)(H,26,29,30). The quantitative estimate of drug-likeness (QED) is 0.451. The molecule has 1 amide bonds. The monoisotopic (exact) mass is 441 g/mol. The van der Waals surface area contributed by atoms with E-state index in [1.807, 2.05) is 18.2 Å². The van der Waals surface area contributed by atoms with Crippen LogP contribution in [-0.4, -0.2) is 54.5 Å². The molecule has 32 heavy (non-hydrogen) atoms. The van der Waals surface area contributed by atoms with Crippen molar-refractivity contribution >= 4 is 11.9 Å². The molecule has 7 nitrogen and oxygen atoms in total. The number of hydrogen-bond donors (Lipinski definition) is 3. The third-order valence-electron chi connectivity index (χ3n) is 6.49. The Labute approximate surface area is 188 Å². The van der Waals surface area contributed by atoms with Crippen LogP contribution in [0.25, 0.3) is 11.3 Å². The minimum absolute atomic E-state index is 0.0335. The summed E-state index contributed by atoms with van der Waals surface area (Å²) in [5, 5.41) is 9.30. The fourth-order valence-electron chi connectivity index (χ4n) is 4.50. The number of carbonyl (C=O) groups is 1. The van der Waals surface area contributed by atoms with E-state index in [9.17, 15) is 9.18 Å². The topological polar surface area (TPSA) is 88.2 Å². The van der Waals surface area contributed by atoms with Crippen molar-refractivity contribution in [3.05, 3.63) is 41.6 Å². The largest absolute Gasteiger partial charge is 0.383 e. The maximum Gasteiger partial charge on any atom is 0.251 e. The molecule has 0 saturated heterocycles. The number of nitrogens with one attached hydrogen (secondary N) is 3. The Balaban J connectivity index is 1.45. The van der Waals surface area contributed by atoms with Crippen LogP contribution in [0, 0.1) is 0 Å². The van der Waals surface area contributed by atoms with Gasteiger partial charge in [-0.25, -0.2) is 14.4 Å². The highest BCUT2D eigenvalue weighted by molar-refractivity contribution is 5.98. The van der Waals surface area contributed by atoms with Gasteiger partial charge in [0.05, 0.1) is 12.3 Å². The van der Waals surface area contributed by atoms with E-state index in [1.54, 1.807) is 13.3 Å². The van der Waals surface area contributed by atoms with Crippen LogP contribution in [0.2, 0.25) is 0 Å². The van der Waals surface area contributed by atoms with E-state index in [0.717, 1.165) is 16.8 Å². The van der Waals surface area contributed by atoms with Crippen molar-refractivity contribution in [2.75, 3.05) is 32.1 Å². The van der Waals surface area contributed by atoms with E-state index in [0.29, 0.717) is 56.9 Å². The highest BCUT2D eigenvalue weighted by Crippen LogP contribution is 2.34. The lowest BCUT2D eigenvalue weighted by Gasteiger charge is -2.35. The summed E-state index contributed by atoms with van der Waals surface area (Å²) in [5.41, 5.74) is 3.34. The molecule has 8 heteroatoms. The van der Waals surface area contributed by atoms with Crippen LogP contribution in [0.1, 0.15) is 55.5 Å². The zero-order chi connectivity index (χ0) is 22.8. The van der Waals surface area contributed by atoms with Crippen molar-refractivity contribution in [2.24, 2.45) is 0 Å². The van der Waals surface area contributed by atoms with E-state index in [2.05, 4.69) is 40.8 Å². The Hall–Kier alpha value is -2.58.